The Morgan fingerprint density at radius 2 is 1.71 bits per heavy atom. The van der Waals surface area contributed by atoms with E-state index in [1.54, 1.807) is 24.3 Å². The van der Waals surface area contributed by atoms with Gasteiger partial charge in [-0.25, -0.2) is 0 Å². The number of benzene rings is 3. The number of nitrogens with zero attached hydrogens (tertiary/aromatic N) is 2. The molecule has 0 radical (unpaired) electrons. The van der Waals surface area contributed by atoms with E-state index < -0.39 is 20.9 Å². The van der Waals surface area contributed by atoms with E-state index >= 15 is 0 Å². The Balaban J connectivity index is 2.04. The van der Waals surface area contributed by atoms with Crippen molar-refractivity contribution in [3.8, 4) is 5.75 Å². The van der Waals surface area contributed by atoms with Crippen molar-refractivity contribution in [2.45, 2.75) is 11.8 Å². The molecule has 0 atom stereocenters. The van der Waals surface area contributed by atoms with E-state index in [1.165, 1.54) is 25.1 Å². The van der Waals surface area contributed by atoms with Gasteiger partial charge in [-0.3, -0.25) is 9.35 Å². The fourth-order valence-electron chi connectivity index (χ4n) is 2.59. The Labute approximate surface area is 160 Å². The maximum absolute atomic E-state index is 11.7. The van der Waals surface area contributed by atoms with Gasteiger partial charge in [-0.15, -0.1) is 10.2 Å². The molecule has 0 bridgehead atoms. The van der Waals surface area contributed by atoms with Gasteiger partial charge in [0.15, 0.2) is 5.75 Å². The minimum atomic E-state index is -4.63. The molecule has 0 unspecified atom stereocenters. The van der Waals surface area contributed by atoms with Crippen LogP contribution in [0.5, 0.6) is 5.75 Å². The summed E-state index contributed by atoms with van der Waals surface area (Å²) in [6, 6.07) is 11.9. The number of nitrogen functional groups attached to an aromatic ring is 1. The number of azo groups is 1. The molecule has 0 saturated carbocycles. The molecule has 1 amide bonds. The molecule has 9 nitrogen and oxygen atoms in total. The van der Waals surface area contributed by atoms with Crippen molar-refractivity contribution in [1.82, 2.24) is 0 Å². The van der Waals surface area contributed by atoms with Crippen LogP contribution >= 0.6 is 0 Å². The van der Waals surface area contributed by atoms with E-state index in [0.717, 1.165) is 6.07 Å². The Bertz CT molecular complexity index is 1220. The van der Waals surface area contributed by atoms with Gasteiger partial charge in [0, 0.05) is 23.7 Å². The summed E-state index contributed by atoms with van der Waals surface area (Å²) in [6.07, 6.45) is 0. The highest BCUT2D eigenvalue weighted by molar-refractivity contribution is 7.86. The molecule has 5 N–H and O–H groups in total. The first-order chi connectivity index (χ1) is 13.1. The van der Waals surface area contributed by atoms with E-state index in [0.29, 0.717) is 16.5 Å². The molecule has 3 rings (SSSR count). The number of amides is 1. The molecule has 10 heteroatoms. The smallest absolute Gasteiger partial charge is 0.296 e. The average Bonchev–Trinajstić information content (AvgIpc) is 2.60. The predicted molar refractivity (Wildman–Crippen MR) is 105 cm³/mol. The molecule has 0 aliphatic rings. The normalized spacial score (nSPS) is 11.8. The van der Waals surface area contributed by atoms with Crippen LogP contribution in [-0.4, -0.2) is 24.0 Å². The van der Waals surface area contributed by atoms with Gasteiger partial charge < -0.3 is 16.2 Å². The fourth-order valence-corrected chi connectivity index (χ4v) is 3.24. The van der Waals surface area contributed by atoms with Crippen molar-refractivity contribution < 1.29 is 22.9 Å². The summed E-state index contributed by atoms with van der Waals surface area (Å²) in [5.41, 5.74) is 6.37. The van der Waals surface area contributed by atoms with Gasteiger partial charge >= 0.3 is 0 Å². The van der Waals surface area contributed by atoms with Crippen LogP contribution in [0.2, 0.25) is 0 Å². The van der Waals surface area contributed by atoms with Gasteiger partial charge in [-0.2, -0.15) is 8.42 Å². The molecule has 0 aromatic heterocycles. The largest absolute Gasteiger partial charge is 0.505 e. The monoisotopic (exact) mass is 400 g/mol. The van der Waals surface area contributed by atoms with Crippen LogP contribution in [0.15, 0.2) is 63.7 Å². The summed E-state index contributed by atoms with van der Waals surface area (Å²) >= 11 is 0. The maximum Gasteiger partial charge on any atom is 0.296 e. The molecular formula is C18H16N4O5S. The lowest BCUT2D eigenvalue weighted by Gasteiger charge is -2.07. The second kappa shape index (κ2) is 7.25. The van der Waals surface area contributed by atoms with Crippen LogP contribution < -0.4 is 11.1 Å². The second-order valence-electron chi connectivity index (χ2n) is 5.95. The van der Waals surface area contributed by atoms with E-state index in [1.807, 2.05) is 0 Å². The van der Waals surface area contributed by atoms with Crippen molar-refractivity contribution in [2.75, 3.05) is 11.1 Å². The summed E-state index contributed by atoms with van der Waals surface area (Å²) in [5, 5.41) is 21.7. The summed E-state index contributed by atoms with van der Waals surface area (Å²) in [7, 11) is -4.63. The van der Waals surface area contributed by atoms with E-state index in [4.69, 9.17) is 5.73 Å². The quantitative estimate of drug-likeness (QED) is 0.297. The maximum atomic E-state index is 11.7. The molecule has 3 aromatic rings. The highest BCUT2D eigenvalue weighted by Gasteiger charge is 2.17. The van der Waals surface area contributed by atoms with Gasteiger partial charge in [0.05, 0.1) is 0 Å². The molecular weight excluding hydrogens is 384 g/mol. The summed E-state index contributed by atoms with van der Waals surface area (Å²) in [4.78, 5) is 10.6. The Morgan fingerprint density at radius 1 is 1.04 bits per heavy atom. The molecule has 144 valence electrons. The molecule has 0 fully saturated rings. The van der Waals surface area contributed by atoms with Gasteiger partial charge in [0.1, 0.15) is 16.3 Å². The SMILES string of the molecule is CC(=O)Nc1ccc(N=Nc2ccc3cc(N)ccc3c2O)c(S(=O)(=O)O)c1. The molecule has 0 spiro atoms. The third-order valence-corrected chi connectivity index (χ3v) is 4.70. The molecule has 3 aromatic carbocycles. The number of hydrogen-bond acceptors (Lipinski definition) is 7. The van der Waals surface area contributed by atoms with Crippen LogP contribution in [0.4, 0.5) is 22.7 Å². The molecule has 0 aliphatic carbocycles. The van der Waals surface area contributed by atoms with Crippen molar-refractivity contribution in [3.05, 3.63) is 48.5 Å². The minimum Gasteiger partial charge on any atom is -0.505 e. The number of nitrogens with one attached hydrogen (secondary N) is 1. The zero-order chi connectivity index (χ0) is 20.5. The highest BCUT2D eigenvalue weighted by Crippen LogP contribution is 2.37. The van der Waals surface area contributed by atoms with Crippen molar-refractivity contribution in [2.24, 2.45) is 10.2 Å². The van der Waals surface area contributed by atoms with Crippen molar-refractivity contribution in [3.63, 3.8) is 0 Å². The Hall–Kier alpha value is -3.50. The zero-order valence-corrected chi connectivity index (χ0v) is 15.4. The predicted octanol–water partition coefficient (Wildman–Crippen LogP) is 3.75. The lowest BCUT2D eigenvalue weighted by Crippen LogP contribution is -2.07. The van der Waals surface area contributed by atoms with Crippen molar-refractivity contribution >= 4 is 49.5 Å². The van der Waals surface area contributed by atoms with Crippen LogP contribution in [0.3, 0.4) is 0 Å². The number of phenols is 1. The molecule has 0 saturated heterocycles. The first-order valence-electron chi connectivity index (χ1n) is 7.97. The average molecular weight is 400 g/mol. The highest BCUT2D eigenvalue weighted by atomic mass is 32.2. The second-order valence-corrected chi connectivity index (χ2v) is 7.34. The fraction of sp³-hybridized carbons (Fsp3) is 0.0556. The topological polar surface area (TPSA) is 154 Å². The number of rotatable bonds is 4. The number of hydrogen-bond donors (Lipinski definition) is 4. The van der Waals surface area contributed by atoms with E-state index in [2.05, 4.69) is 15.5 Å². The van der Waals surface area contributed by atoms with E-state index in [9.17, 15) is 22.9 Å². The Morgan fingerprint density at radius 3 is 2.39 bits per heavy atom. The third-order valence-electron chi connectivity index (χ3n) is 3.82. The number of nitrogens with two attached hydrogens (primary N) is 1. The molecule has 28 heavy (non-hydrogen) atoms. The number of anilines is 2. The van der Waals surface area contributed by atoms with Gasteiger partial charge in [-0.05, 0) is 47.9 Å². The van der Waals surface area contributed by atoms with Crippen LogP contribution in [-0.2, 0) is 14.9 Å². The third kappa shape index (κ3) is 4.08. The number of carbonyl (C=O) groups excluding carboxylic acids is 1. The van der Waals surface area contributed by atoms with Gasteiger partial charge in [0.2, 0.25) is 5.91 Å². The zero-order valence-electron chi connectivity index (χ0n) is 14.6. The summed E-state index contributed by atoms with van der Waals surface area (Å²) < 4.78 is 32.8. The first kappa shape index (κ1) is 19.3. The summed E-state index contributed by atoms with van der Waals surface area (Å²) in [6.45, 7) is 1.26. The van der Waals surface area contributed by atoms with Crippen molar-refractivity contribution in [1.29, 1.82) is 0 Å². The number of carbonyl (C=O) groups is 1. The standard InChI is InChI=1S/C18H16N4O5S/c1-10(23)20-13-4-7-15(17(9-13)28(25,26)27)21-22-16-6-2-11-8-12(19)3-5-14(11)18(16)24/h2-9,24H,19H2,1H3,(H,20,23)(H,25,26,27). The summed E-state index contributed by atoms with van der Waals surface area (Å²) in [5.74, 6) is -0.554. The Kier molecular flexibility index (Phi) is 4.99. The molecule has 0 aliphatic heterocycles. The lowest BCUT2D eigenvalue weighted by atomic mass is 10.1. The lowest BCUT2D eigenvalue weighted by molar-refractivity contribution is -0.114. The van der Waals surface area contributed by atoms with E-state index in [-0.39, 0.29) is 22.8 Å². The van der Waals surface area contributed by atoms with Gasteiger partial charge in [0.25, 0.3) is 10.1 Å². The number of aromatic hydroxyl groups is 1. The van der Waals surface area contributed by atoms with Crippen LogP contribution in [0.25, 0.3) is 10.8 Å². The molecule has 0 heterocycles. The van der Waals surface area contributed by atoms with Crippen LogP contribution in [0.1, 0.15) is 6.92 Å². The van der Waals surface area contributed by atoms with Gasteiger partial charge in [-0.1, -0.05) is 6.07 Å². The number of fused-ring (bicyclic) bond motifs is 1. The minimum absolute atomic E-state index is 0.101. The first-order valence-corrected chi connectivity index (χ1v) is 9.41. The van der Waals surface area contributed by atoms with Crippen LogP contribution in [0, 0.1) is 0 Å². The number of phenolic OH excluding ortho intramolecular Hbond substituents is 1.